The zero-order chi connectivity index (χ0) is 15.3. The number of aromatic nitrogens is 2. The normalized spacial score (nSPS) is 15.6. The van der Waals surface area contributed by atoms with Crippen molar-refractivity contribution in [2.24, 2.45) is 0 Å². The predicted octanol–water partition coefficient (Wildman–Crippen LogP) is 2.24. The molecular formula is C11H18F3N3O2S. The molecule has 0 aliphatic carbocycles. The summed E-state index contributed by atoms with van der Waals surface area (Å²) in [5.41, 5.74) is 0. The zero-order valence-electron chi connectivity index (χ0n) is 11.5. The molecule has 0 bridgehead atoms. The van der Waals surface area contributed by atoms with E-state index >= 15 is 0 Å². The lowest BCUT2D eigenvalue weighted by Crippen LogP contribution is -2.39. The van der Waals surface area contributed by atoms with Crippen molar-refractivity contribution in [3.05, 3.63) is 11.7 Å². The van der Waals surface area contributed by atoms with Crippen LogP contribution in [-0.2, 0) is 6.54 Å². The highest BCUT2D eigenvalue weighted by atomic mass is 32.2. The third-order valence-corrected chi connectivity index (χ3v) is 3.58. The molecule has 116 valence electrons. The maximum Gasteiger partial charge on any atom is 0.415 e. The Kier molecular flexibility index (Phi) is 6.28. The molecule has 0 amide bonds. The van der Waals surface area contributed by atoms with Gasteiger partial charge in [-0.15, -0.1) is 0 Å². The fourth-order valence-corrected chi connectivity index (χ4v) is 2.26. The Morgan fingerprint density at radius 1 is 1.45 bits per heavy atom. The van der Waals surface area contributed by atoms with Crippen LogP contribution in [-0.4, -0.2) is 51.8 Å². The molecule has 0 aliphatic heterocycles. The molecule has 0 saturated carbocycles. The molecule has 1 rings (SSSR count). The SMILES string of the molecule is CCSC(C)c1noc(CN(C)CC(O)C(F)(F)F)n1. The van der Waals surface area contributed by atoms with Gasteiger partial charge in [-0.2, -0.15) is 29.9 Å². The van der Waals surface area contributed by atoms with Gasteiger partial charge in [-0.05, 0) is 19.7 Å². The van der Waals surface area contributed by atoms with E-state index in [4.69, 9.17) is 9.63 Å². The summed E-state index contributed by atoms with van der Waals surface area (Å²) in [5, 5.41) is 12.8. The molecule has 0 aromatic carbocycles. The molecule has 2 unspecified atom stereocenters. The van der Waals surface area contributed by atoms with Gasteiger partial charge >= 0.3 is 6.18 Å². The Balaban J connectivity index is 2.52. The Bertz CT molecular complexity index is 414. The monoisotopic (exact) mass is 313 g/mol. The topological polar surface area (TPSA) is 62.4 Å². The lowest BCUT2D eigenvalue weighted by molar-refractivity contribution is -0.207. The van der Waals surface area contributed by atoms with Crippen LogP contribution in [0.4, 0.5) is 13.2 Å². The van der Waals surface area contributed by atoms with E-state index in [1.807, 2.05) is 13.8 Å². The maximum absolute atomic E-state index is 12.2. The van der Waals surface area contributed by atoms with Crippen molar-refractivity contribution in [1.82, 2.24) is 15.0 Å². The largest absolute Gasteiger partial charge is 0.415 e. The number of alkyl halides is 3. The van der Waals surface area contributed by atoms with Crippen molar-refractivity contribution in [2.45, 2.75) is 37.9 Å². The zero-order valence-corrected chi connectivity index (χ0v) is 12.3. The summed E-state index contributed by atoms with van der Waals surface area (Å²) >= 11 is 1.64. The minimum Gasteiger partial charge on any atom is -0.382 e. The molecule has 9 heteroatoms. The first kappa shape index (κ1) is 17.3. The number of rotatable bonds is 7. The minimum absolute atomic E-state index is 0.0592. The van der Waals surface area contributed by atoms with Crippen molar-refractivity contribution in [3.63, 3.8) is 0 Å². The van der Waals surface area contributed by atoms with E-state index in [9.17, 15) is 13.2 Å². The third kappa shape index (κ3) is 5.29. The van der Waals surface area contributed by atoms with Crippen molar-refractivity contribution in [2.75, 3.05) is 19.3 Å². The molecule has 0 radical (unpaired) electrons. The van der Waals surface area contributed by atoms with Gasteiger partial charge in [0.15, 0.2) is 11.9 Å². The van der Waals surface area contributed by atoms with E-state index in [0.29, 0.717) is 5.82 Å². The maximum atomic E-state index is 12.2. The Labute approximate surface area is 119 Å². The highest BCUT2D eigenvalue weighted by Crippen LogP contribution is 2.25. The minimum atomic E-state index is -4.62. The second kappa shape index (κ2) is 7.28. The van der Waals surface area contributed by atoms with Crippen molar-refractivity contribution in [1.29, 1.82) is 0 Å². The molecule has 0 aliphatic rings. The van der Waals surface area contributed by atoms with Crippen LogP contribution in [0.3, 0.4) is 0 Å². The van der Waals surface area contributed by atoms with Gasteiger partial charge in [-0.1, -0.05) is 12.1 Å². The van der Waals surface area contributed by atoms with E-state index in [-0.39, 0.29) is 17.7 Å². The third-order valence-electron chi connectivity index (χ3n) is 2.53. The lowest BCUT2D eigenvalue weighted by Gasteiger charge is -2.20. The van der Waals surface area contributed by atoms with E-state index in [2.05, 4.69) is 10.1 Å². The van der Waals surface area contributed by atoms with Gasteiger partial charge in [0.05, 0.1) is 11.8 Å². The van der Waals surface area contributed by atoms with E-state index in [0.717, 1.165) is 5.75 Å². The summed E-state index contributed by atoms with van der Waals surface area (Å²) in [7, 11) is 1.45. The molecule has 1 heterocycles. The van der Waals surface area contributed by atoms with E-state index in [1.54, 1.807) is 11.8 Å². The summed E-state index contributed by atoms with van der Waals surface area (Å²) in [6.45, 7) is 3.46. The molecule has 5 nitrogen and oxygen atoms in total. The summed E-state index contributed by atoms with van der Waals surface area (Å²) in [6, 6.07) is 0. The highest BCUT2D eigenvalue weighted by Gasteiger charge is 2.38. The van der Waals surface area contributed by atoms with Crippen LogP contribution < -0.4 is 0 Å². The first-order chi connectivity index (χ1) is 9.24. The number of nitrogens with zero attached hydrogens (tertiary/aromatic N) is 3. The van der Waals surface area contributed by atoms with Crippen LogP contribution in [0, 0.1) is 0 Å². The number of hydrogen-bond donors (Lipinski definition) is 1. The quantitative estimate of drug-likeness (QED) is 0.833. The van der Waals surface area contributed by atoms with Crippen molar-refractivity contribution >= 4 is 11.8 Å². The fraction of sp³-hybridized carbons (Fsp3) is 0.818. The van der Waals surface area contributed by atoms with Gasteiger partial charge in [0.25, 0.3) is 0 Å². The highest BCUT2D eigenvalue weighted by molar-refractivity contribution is 7.99. The second-order valence-electron chi connectivity index (χ2n) is 4.40. The molecule has 1 aromatic rings. The van der Waals surface area contributed by atoms with Gasteiger partial charge in [-0.3, -0.25) is 4.90 Å². The number of aliphatic hydroxyl groups is 1. The van der Waals surface area contributed by atoms with E-state index < -0.39 is 18.8 Å². The average molecular weight is 313 g/mol. The number of thioether (sulfide) groups is 1. The van der Waals surface area contributed by atoms with Crippen LogP contribution in [0.1, 0.15) is 30.8 Å². The average Bonchev–Trinajstić information content (AvgIpc) is 2.76. The Morgan fingerprint density at radius 2 is 2.10 bits per heavy atom. The standard InChI is InChI=1S/C11H18F3N3O2S/c1-4-20-7(2)10-15-9(19-16-10)6-17(3)5-8(18)11(12,13)14/h7-8,18H,4-6H2,1-3H3. The van der Waals surface area contributed by atoms with Crippen molar-refractivity contribution < 1.29 is 22.8 Å². The molecule has 0 fully saturated rings. The Hall–Kier alpha value is -0.800. The molecule has 20 heavy (non-hydrogen) atoms. The first-order valence-electron chi connectivity index (χ1n) is 6.11. The summed E-state index contributed by atoms with van der Waals surface area (Å²) in [5.74, 6) is 1.67. The van der Waals surface area contributed by atoms with Gasteiger partial charge in [0, 0.05) is 6.54 Å². The molecule has 0 saturated heterocycles. The number of likely N-dealkylation sites (N-methyl/N-ethyl adjacent to an activating group) is 1. The van der Waals surface area contributed by atoms with E-state index in [1.165, 1.54) is 11.9 Å². The van der Waals surface area contributed by atoms with Gasteiger partial charge in [0.1, 0.15) is 0 Å². The number of halogens is 3. The number of hydrogen-bond acceptors (Lipinski definition) is 6. The molecule has 1 N–H and O–H groups in total. The van der Waals surface area contributed by atoms with Gasteiger partial charge < -0.3 is 9.63 Å². The number of aliphatic hydroxyl groups excluding tert-OH is 1. The summed E-state index contributed by atoms with van der Waals surface area (Å²) < 4.78 is 41.6. The van der Waals surface area contributed by atoms with Crippen molar-refractivity contribution in [3.8, 4) is 0 Å². The first-order valence-corrected chi connectivity index (χ1v) is 7.16. The predicted molar refractivity (Wildman–Crippen MR) is 69.2 cm³/mol. The molecule has 0 spiro atoms. The molecular weight excluding hydrogens is 295 g/mol. The molecule has 1 aromatic heterocycles. The smallest absolute Gasteiger partial charge is 0.382 e. The lowest BCUT2D eigenvalue weighted by atomic mass is 10.3. The van der Waals surface area contributed by atoms with Crippen LogP contribution in [0.2, 0.25) is 0 Å². The fourth-order valence-electron chi connectivity index (χ4n) is 1.52. The van der Waals surface area contributed by atoms with Crippen LogP contribution >= 0.6 is 11.8 Å². The van der Waals surface area contributed by atoms with Crippen LogP contribution in [0.25, 0.3) is 0 Å². The van der Waals surface area contributed by atoms with Gasteiger partial charge in [-0.25, -0.2) is 0 Å². The van der Waals surface area contributed by atoms with Crippen LogP contribution in [0.15, 0.2) is 4.52 Å². The van der Waals surface area contributed by atoms with Crippen LogP contribution in [0.5, 0.6) is 0 Å². The van der Waals surface area contributed by atoms with Gasteiger partial charge in [0.2, 0.25) is 5.89 Å². The molecule has 2 atom stereocenters. The Morgan fingerprint density at radius 3 is 2.65 bits per heavy atom. The second-order valence-corrected chi connectivity index (χ2v) is 6.02. The summed E-state index contributed by atoms with van der Waals surface area (Å²) in [4.78, 5) is 5.42. The summed E-state index contributed by atoms with van der Waals surface area (Å²) in [6.07, 6.45) is -7.01.